The van der Waals surface area contributed by atoms with E-state index < -0.39 is 24.4 Å². The number of anilines is 1. The van der Waals surface area contributed by atoms with Gasteiger partial charge in [-0.05, 0) is 60.9 Å². The van der Waals surface area contributed by atoms with Crippen LogP contribution in [0.3, 0.4) is 0 Å². The molecule has 0 bridgehead atoms. The maximum absolute atomic E-state index is 12.9. The number of nitrogens with one attached hydrogen (secondary N) is 2. The lowest BCUT2D eigenvalue weighted by molar-refractivity contribution is -0.125. The molecular weight excluding hydrogens is 474 g/mol. The first kappa shape index (κ1) is 24.2. The summed E-state index contributed by atoms with van der Waals surface area (Å²) in [5, 5.41) is 0.467. The lowest BCUT2D eigenvalue weighted by Gasteiger charge is -2.22. The molecule has 2 N–H and O–H groups in total. The second kappa shape index (κ2) is 10.1. The number of nitrogens with zero attached hydrogens (tertiary/aromatic N) is 1. The number of imide groups is 1. The van der Waals surface area contributed by atoms with Gasteiger partial charge in [-0.3, -0.25) is 34.9 Å². The van der Waals surface area contributed by atoms with Crippen molar-refractivity contribution in [2.45, 2.75) is 13.3 Å². The Morgan fingerprint density at radius 2 is 1.63 bits per heavy atom. The summed E-state index contributed by atoms with van der Waals surface area (Å²) in [5.74, 6) is -3.34. The minimum absolute atomic E-state index is 0.0217. The zero-order chi connectivity index (χ0) is 25.1. The van der Waals surface area contributed by atoms with Crippen LogP contribution in [-0.4, -0.2) is 36.2 Å². The number of hydrazine groups is 1. The first-order chi connectivity index (χ1) is 16.8. The number of ether oxygens (including phenoxy) is 1. The van der Waals surface area contributed by atoms with Crippen molar-refractivity contribution in [2.24, 2.45) is 17.8 Å². The molecule has 1 fully saturated rings. The van der Waals surface area contributed by atoms with Crippen molar-refractivity contribution in [3.05, 3.63) is 76.8 Å². The van der Waals surface area contributed by atoms with Gasteiger partial charge in [0.15, 0.2) is 6.61 Å². The summed E-state index contributed by atoms with van der Waals surface area (Å²) >= 11 is 5.77. The van der Waals surface area contributed by atoms with E-state index in [9.17, 15) is 24.0 Å². The molecule has 4 amide bonds. The number of hydrogen-bond acceptors (Lipinski definition) is 6. The van der Waals surface area contributed by atoms with E-state index in [0.29, 0.717) is 17.1 Å². The van der Waals surface area contributed by atoms with Gasteiger partial charge in [-0.15, -0.1) is 0 Å². The highest BCUT2D eigenvalue weighted by Crippen LogP contribution is 2.40. The summed E-state index contributed by atoms with van der Waals surface area (Å²) < 4.78 is 4.97. The second-order valence-electron chi connectivity index (χ2n) is 8.30. The molecule has 9 nitrogen and oxygen atoms in total. The predicted molar refractivity (Wildman–Crippen MR) is 126 cm³/mol. The Bertz CT molecular complexity index is 1210. The van der Waals surface area contributed by atoms with Crippen molar-refractivity contribution < 1.29 is 28.7 Å². The summed E-state index contributed by atoms with van der Waals surface area (Å²) in [4.78, 5) is 63.0. The minimum Gasteiger partial charge on any atom is -0.452 e. The van der Waals surface area contributed by atoms with Crippen LogP contribution in [0.5, 0.6) is 0 Å². The number of halogens is 1. The number of esters is 1. The topological polar surface area (TPSA) is 122 Å². The highest BCUT2D eigenvalue weighted by molar-refractivity contribution is 6.30. The zero-order valence-corrected chi connectivity index (χ0v) is 19.5. The summed E-state index contributed by atoms with van der Waals surface area (Å²) in [5.41, 5.74) is 5.15. The highest BCUT2D eigenvalue weighted by Gasteiger charge is 2.50. The van der Waals surface area contributed by atoms with Gasteiger partial charge in [-0.25, -0.2) is 4.79 Å². The smallest absolute Gasteiger partial charge is 0.338 e. The Hall–Kier alpha value is -3.98. The number of rotatable bonds is 5. The molecule has 1 aliphatic carbocycles. The number of carbonyl (C=O) groups excluding carboxylic acids is 5. The van der Waals surface area contributed by atoms with E-state index in [1.807, 2.05) is 19.1 Å². The van der Waals surface area contributed by atoms with Crippen LogP contribution in [0.1, 0.15) is 34.1 Å². The van der Waals surface area contributed by atoms with Gasteiger partial charge in [0, 0.05) is 10.6 Å². The molecule has 1 saturated heterocycles. The van der Waals surface area contributed by atoms with Crippen LogP contribution in [-0.2, 0) is 19.1 Å². The maximum Gasteiger partial charge on any atom is 0.338 e. The SMILES string of the molecule is C[C@@H]1C=CC[C@@H]2C(=O)N(c3ccc(C(=O)OCC(=O)NNC(=O)c4ccc(Cl)cc4)cc3)C(=O)[C@H]12. The van der Waals surface area contributed by atoms with Gasteiger partial charge < -0.3 is 4.74 Å². The van der Waals surface area contributed by atoms with Crippen molar-refractivity contribution >= 4 is 46.9 Å². The van der Waals surface area contributed by atoms with Crippen molar-refractivity contribution in [1.29, 1.82) is 0 Å². The van der Waals surface area contributed by atoms with Gasteiger partial charge >= 0.3 is 5.97 Å². The van der Waals surface area contributed by atoms with E-state index in [2.05, 4.69) is 10.9 Å². The first-order valence-electron chi connectivity index (χ1n) is 10.9. The molecule has 0 aromatic heterocycles. The largest absolute Gasteiger partial charge is 0.452 e. The molecule has 2 aromatic rings. The Morgan fingerprint density at radius 3 is 2.29 bits per heavy atom. The Morgan fingerprint density at radius 1 is 0.971 bits per heavy atom. The lowest BCUT2D eigenvalue weighted by atomic mass is 9.78. The highest BCUT2D eigenvalue weighted by atomic mass is 35.5. The molecule has 0 radical (unpaired) electrons. The van der Waals surface area contributed by atoms with Crippen LogP contribution in [0.15, 0.2) is 60.7 Å². The van der Waals surface area contributed by atoms with E-state index in [4.69, 9.17) is 16.3 Å². The van der Waals surface area contributed by atoms with E-state index in [1.165, 1.54) is 53.4 Å². The van der Waals surface area contributed by atoms with E-state index in [0.717, 1.165) is 0 Å². The molecule has 35 heavy (non-hydrogen) atoms. The molecule has 2 aliphatic rings. The normalized spacial score (nSPS) is 20.9. The molecule has 180 valence electrons. The minimum atomic E-state index is -0.777. The lowest BCUT2D eigenvalue weighted by Crippen LogP contribution is -2.43. The number of amides is 4. The third-order valence-corrected chi connectivity index (χ3v) is 6.24. The molecule has 10 heteroatoms. The average molecular weight is 496 g/mol. The fourth-order valence-electron chi connectivity index (χ4n) is 4.20. The fraction of sp³-hybridized carbons (Fsp3) is 0.240. The molecule has 4 rings (SSSR count). The molecule has 0 unspecified atom stereocenters. The third kappa shape index (κ3) is 5.09. The zero-order valence-electron chi connectivity index (χ0n) is 18.7. The standard InChI is InChI=1S/C25H22ClN3O6/c1-14-3-2-4-19-21(14)24(33)29(23(19)32)18-11-7-16(8-12-18)25(34)35-13-20(30)27-28-22(31)15-5-9-17(26)10-6-15/h2-3,5-12,14,19,21H,4,13H2,1H3,(H,27,30)(H,28,31)/t14-,19+,21-/m1/s1. The van der Waals surface area contributed by atoms with Gasteiger partial charge in [0.1, 0.15) is 0 Å². The third-order valence-electron chi connectivity index (χ3n) is 5.99. The monoisotopic (exact) mass is 495 g/mol. The van der Waals surface area contributed by atoms with Crippen LogP contribution in [0.4, 0.5) is 5.69 Å². The van der Waals surface area contributed by atoms with E-state index in [1.54, 1.807) is 0 Å². The van der Waals surface area contributed by atoms with Gasteiger partial charge in [-0.2, -0.15) is 0 Å². The maximum atomic E-state index is 12.9. The van der Waals surface area contributed by atoms with Crippen LogP contribution < -0.4 is 15.8 Å². The van der Waals surface area contributed by atoms with Gasteiger partial charge in [-0.1, -0.05) is 30.7 Å². The fourth-order valence-corrected chi connectivity index (χ4v) is 4.32. The van der Waals surface area contributed by atoms with Crippen molar-refractivity contribution in [1.82, 2.24) is 10.9 Å². The van der Waals surface area contributed by atoms with Gasteiger partial charge in [0.2, 0.25) is 11.8 Å². The first-order valence-corrected chi connectivity index (χ1v) is 11.3. The number of allylic oxidation sites excluding steroid dienone is 2. The van der Waals surface area contributed by atoms with Crippen LogP contribution in [0.2, 0.25) is 5.02 Å². The summed E-state index contributed by atoms with van der Waals surface area (Å²) in [6.07, 6.45) is 4.41. The summed E-state index contributed by atoms with van der Waals surface area (Å²) in [6.45, 7) is 1.29. The van der Waals surface area contributed by atoms with Gasteiger partial charge in [0.05, 0.1) is 23.1 Å². The van der Waals surface area contributed by atoms with Crippen molar-refractivity contribution in [2.75, 3.05) is 11.5 Å². The van der Waals surface area contributed by atoms with Crippen LogP contribution in [0.25, 0.3) is 0 Å². The molecule has 0 saturated carbocycles. The quantitative estimate of drug-likeness (QED) is 0.284. The molecule has 1 heterocycles. The predicted octanol–water partition coefficient (Wildman–Crippen LogP) is 2.66. The van der Waals surface area contributed by atoms with Crippen LogP contribution in [0, 0.1) is 17.8 Å². The summed E-state index contributed by atoms with van der Waals surface area (Å²) in [7, 11) is 0. The van der Waals surface area contributed by atoms with Crippen molar-refractivity contribution in [3.63, 3.8) is 0 Å². The Balaban J connectivity index is 1.29. The Kier molecular flexibility index (Phi) is 6.97. The second-order valence-corrected chi connectivity index (χ2v) is 8.74. The summed E-state index contributed by atoms with van der Waals surface area (Å²) in [6, 6.07) is 11.9. The molecule has 2 aromatic carbocycles. The van der Waals surface area contributed by atoms with E-state index in [-0.39, 0.29) is 40.7 Å². The number of hydrogen-bond donors (Lipinski definition) is 2. The van der Waals surface area contributed by atoms with E-state index >= 15 is 0 Å². The van der Waals surface area contributed by atoms with Crippen LogP contribution >= 0.6 is 11.6 Å². The van der Waals surface area contributed by atoms with Crippen molar-refractivity contribution in [3.8, 4) is 0 Å². The molecule has 0 spiro atoms. The molecule has 3 atom stereocenters. The van der Waals surface area contributed by atoms with Gasteiger partial charge in [0.25, 0.3) is 11.8 Å². The molecule has 1 aliphatic heterocycles. The number of benzene rings is 2. The number of carbonyl (C=O) groups is 5. The Labute approximate surface area is 206 Å². The number of fused-ring (bicyclic) bond motifs is 1. The molecular formula is C25H22ClN3O6. The average Bonchev–Trinajstić information content (AvgIpc) is 3.12.